The minimum Gasteiger partial charge on any atom is -0.452 e. The van der Waals surface area contributed by atoms with Crippen LogP contribution in [0.15, 0.2) is 29.0 Å². The minimum absolute atomic E-state index is 0.0641. The van der Waals surface area contributed by atoms with E-state index in [9.17, 15) is 9.59 Å². The topological polar surface area (TPSA) is 90.7 Å². The summed E-state index contributed by atoms with van der Waals surface area (Å²) in [6, 6.07) is 4.77. The lowest BCUT2D eigenvalue weighted by Gasteiger charge is -2.10. The van der Waals surface area contributed by atoms with E-state index >= 15 is 0 Å². The van der Waals surface area contributed by atoms with Gasteiger partial charge in [0.05, 0.1) is 11.7 Å². The first-order valence-corrected chi connectivity index (χ1v) is 7.11. The number of oxazole rings is 1. The SMILES string of the molecule is O=C(COC(=O)c1ccc2ocnc2c1)NCC1CCCO1. The number of carbonyl (C=O) groups excluding carboxylic acids is 2. The second-order valence-corrected chi connectivity index (χ2v) is 5.05. The normalized spacial score (nSPS) is 17.5. The molecule has 116 valence electrons. The van der Waals surface area contributed by atoms with Crippen LogP contribution in [0.25, 0.3) is 11.1 Å². The predicted octanol–water partition coefficient (Wildman–Crippen LogP) is 1.28. The van der Waals surface area contributed by atoms with Crippen LogP contribution in [0.1, 0.15) is 23.2 Å². The number of carbonyl (C=O) groups is 2. The van der Waals surface area contributed by atoms with Gasteiger partial charge in [-0.3, -0.25) is 4.79 Å². The van der Waals surface area contributed by atoms with Crippen molar-refractivity contribution in [3.63, 3.8) is 0 Å². The first-order valence-electron chi connectivity index (χ1n) is 7.11. The maximum Gasteiger partial charge on any atom is 0.338 e. The number of ether oxygens (including phenoxy) is 2. The van der Waals surface area contributed by atoms with Crippen molar-refractivity contribution in [2.75, 3.05) is 19.8 Å². The van der Waals surface area contributed by atoms with Crippen molar-refractivity contribution >= 4 is 23.0 Å². The molecule has 7 nitrogen and oxygen atoms in total. The molecule has 0 bridgehead atoms. The van der Waals surface area contributed by atoms with E-state index in [1.807, 2.05) is 0 Å². The van der Waals surface area contributed by atoms with Gasteiger partial charge in [0, 0.05) is 13.2 Å². The fraction of sp³-hybridized carbons (Fsp3) is 0.400. The third kappa shape index (κ3) is 3.43. The van der Waals surface area contributed by atoms with Crippen LogP contribution >= 0.6 is 0 Å². The molecule has 1 N–H and O–H groups in total. The molecular weight excluding hydrogens is 288 g/mol. The second-order valence-electron chi connectivity index (χ2n) is 5.05. The molecule has 1 aromatic heterocycles. The molecule has 22 heavy (non-hydrogen) atoms. The number of hydrogen-bond donors (Lipinski definition) is 1. The molecule has 1 saturated heterocycles. The number of nitrogens with zero attached hydrogens (tertiary/aromatic N) is 1. The smallest absolute Gasteiger partial charge is 0.338 e. The molecule has 2 heterocycles. The highest BCUT2D eigenvalue weighted by molar-refractivity contribution is 5.94. The number of hydrogen-bond acceptors (Lipinski definition) is 6. The van der Waals surface area contributed by atoms with Crippen LogP contribution in [-0.2, 0) is 14.3 Å². The summed E-state index contributed by atoms with van der Waals surface area (Å²) < 4.78 is 15.5. The van der Waals surface area contributed by atoms with Crippen LogP contribution in [0.2, 0.25) is 0 Å². The predicted molar refractivity (Wildman–Crippen MR) is 76.3 cm³/mol. The molecule has 1 unspecified atom stereocenters. The summed E-state index contributed by atoms with van der Waals surface area (Å²) in [5.41, 5.74) is 1.48. The third-order valence-electron chi connectivity index (χ3n) is 3.45. The van der Waals surface area contributed by atoms with Gasteiger partial charge in [0.1, 0.15) is 5.52 Å². The monoisotopic (exact) mass is 304 g/mol. The minimum atomic E-state index is -0.572. The van der Waals surface area contributed by atoms with Crippen LogP contribution in [0.3, 0.4) is 0 Å². The van der Waals surface area contributed by atoms with Gasteiger partial charge >= 0.3 is 5.97 Å². The van der Waals surface area contributed by atoms with Gasteiger partial charge in [-0.15, -0.1) is 0 Å². The highest BCUT2D eigenvalue weighted by Crippen LogP contribution is 2.15. The van der Waals surface area contributed by atoms with Crippen LogP contribution in [0.4, 0.5) is 0 Å². The highest BCUT2D eigenvalue weighted by Gasteiger charge is 2.17. The van der Waals surface area contributed by atoms with Crippen LogP contribution in [0, 0.1) is 0 Å². The van der Waals surface area contributed by atoms with E-state index in [4.69, 9.17) is 13.9 Å². The molecule has 7 heteroatoms. The summed E-state index contributed by atoms with van der Waals surface area (Å²) in [5.74, 6) is -0.913. The van der Waals surface area contributed by atoms with E-state index in [-0.39, 0.29) is 18.6 Å². The molecule has 1 aliphatic heterocycles. The van der Waals surface area contributed by atoms with Crippen molar-refractivity contribution in [2.24, 2.45) is 0 Å². The maximum atomic E-state index is 11.9. The summed E-state index contributed by atoms with van der Waals surface area (Å²) in [6.07, 6.45) is 3.32. The fourth-order valence-electron chi connectivity index (χ4n) is 2.28. The Bertz CT molecular complexity index is 675. The zero-order valence-electron chi connectivity index (χ0n) is 11.9. The molecule has 0 radical (unpaired) electrons. The van der Waals surface area contributed by atoms with Gasteiger partial charge in [0.25, 0.3) is 5.91 Å². The summed E-state index contributed by atoms with van der Waals surface area (Å²) in [7, 11) is 0. The van der Waals surface area contributed by atoms with Crippen molar-refractivity contribution in [3.8, 4) is 0 Å². The van der Waals surface area contributed by atoms with Crippen molar-refractivity contribution in [1.82, 2.24) is 10.3 Å². The van der Waals surface area contributed by atoms with Crippen molar-refractivity contribution in [1.29, 1.82) is 0 Å². The standard InChI is InChI=1S/C15H16N2O5/c18-14(16-7-11-2-1-5-20-11)8-21-15(19)10-3-4-13-12(6-10)17-9-22-13/h3-4,6,9,11H,1-2,5,7-8H2,(H,16,18). The number of rotatable bonds is 5. The molecule has 1 fully saturated rings. The summed E-state index contributed by atoms with van der Waals surface area (Å²) in [5, 5.41) is 2.69. The zero-order chi connectivity index (χ0) is 15.4. The maximum absolute atomic E-state index is 11.9. The Hall–Kier alpha value is -2.41. The van der Waals surface area contributed by atoms with E-state index in [2.05, 4.69) is 10.3 Å². The van der Waals surface area contributed by atoms with Gasteiger partial charge < -0.3 is 19.2 Å². The molecule has 0 saturated carbocycles. The van der Waals surface area contributed by atoms with E-state index in [0.29, 0.717) is 23.2 Å². The molecule has 0 aliphatic carbocycles. The third-order valence-corrected chi connectivity index (χ3v) is 3.45. The Morgan fingerprint density at radius 1 is 1.41 bits per heavy atom. The Morgan fingerprint density at radius 3 is 3.14 bits per heavy atom. The Morgan fingerprint density at radius 2 is 2.32 bits per heavy atom. The first-order chi connectivity index (χ1) is 10.7. The largest absolute Gasteiger partial charge is 0.452 e. The molecule has 2 aromatic rings. The lowest BCUT2D eigenvalue weighted by atomic mass is 10.2. The van der Waals surface area contributed by atoms with Crippen molar-refractivity contribution < 1.29 is 23.5 Å². The fourth-order valence-corrected chi connectivity index (χ4v) is 2.28. The van der Waals surface area contributed by atoms with Gasteiger partial charge in [-0.2, -0.15) is 0 Å². The number of aromatic nitrogens is 1. The van der Waals surface area contributed by atoms with Crippen molar-refractivity contribution in [3.05, 3.63) is 30.2 Å². The van der Waals surface area contributed by atoms with Gasteiger partial charge in [-0.1, -0.05) is 0 Å². The van der Waals surface area contributed by atoms with Gasteiger partial charge in [-0.25, -0.2) is 9.78 Å². The summed E-state index contributed by atoms with van der Waals surface area (Å²) in [4.78, 5) is 27.5. The molecular formula is C15H16N2O5. The molecule has 1 aliphatic rings. The van der Waals surface area contributed by atoms with Crippen LogP contribution < -0.4 is 5.32 Å². The summed E-state index contributed by atoms with van der Waals surface area (Å²) in [6.45, 7) is 0.865. The molecule has 1 amide bonds. The van der Waals surface area contributed by atoms with Gasteiger partial charge in [0.15, 0.2) is 18.6 Å². The lowest BCUT2D eigenvalue weighted by Crippen LogP contribution is -2.34. The molecule has 0 spiro atoms. The quantitative estimate of drug-likeness (QED) is 0.837. The van der Waals surface area contributed by atoms with Gasteiger partial charge in [-0.05, 0) is 31.0 Å². The van der Waals surface area contributed by atoms with Crippen LogP contribution in [0.5, 0.6) is 0 Å². The molecule has 1 aromatic carbocycles. The van der Waals surface area contributed by atoms with E-state index in [1.54, 1.807) is 18.2 Å². The van der Waals surface area contributed by atoms with E-state index < -0.39 is 5.97 Å². The lowest BCUT2D eigenvalue weighted by molar-refractivity contribution is -0.124. The number of fused-ring (bicyclic) bond motifs is 1. The van der Waals surface area contributed by atoms with Crippen LogP contribution in [-0.4, -0.2) is 42.7 Å². The zero-order valence-corrected chi connectivity index (χ0v) is 11.9. The molecule has 3 rings (SSSR count). The first kappa shape index (κ1) is 14.5. The number of amides is 1. The Balaban J connectivity index is 1.47. The second kappa shape index (κ2) is 6.57. The Labute approximate surface area is 126 Å². The van der Waals surface area contributed by atoms with E-state index in [1.165, 1.54) is 6.39 Å². The average Bonchev–Trinajstić information content (AvgIpc) is 3.20. The number of esters is 1. The van der Waals surface area contributed by atoms with Crippen molar-refractivity contribution in [2.45, 2.75) is 18.9 Å². The Kier molecular flexibility index (Phi) is 4.34. The number of nitrogens with one attached hydrogen (secondary N) is 1. The average molecular weight is 304 g/mol. The highest BCUT2D eigenvalue weighted by atomic mass is 16.5. The van der Waals surface area contributed by atoms with E-state index in [0.717, 1.165) is 19.4 Å². The summed E-state index contributed by atoms with van der Waals surface area (Å²) >= 11 is 0. The number of benzene rings is 1. The van der Waals surface area contributed by atoms with Gasteiger partial charge in [0.2, 0.25) is 0 Å². The molecule has 1 atom stereocenters.